The molecule has 0 aliphatic rings. The Morgan fingerprint density at radius 2 is 2.28 bits per heavy atom. The molecule has 0 amide bonds. The van der Waals surface area contributed by atoms with Crippen LogP contribution < -0.4 is 16.0 Å². The molecule has 0 bridgehead atoms. The molecule has 2 aromatic heterocycles. The lowest BCUT2D eigenvalue weighted by Crippen LogP contribution is -2.31. The maximum absolute atomic E-state index is 5.66. The second-order valence-electron chi connectivity index (χ2n) is 3.77. The highest BCUT2D eigenvalue weighted by atomic mass is 16.5. The zero-order valence-electron chi connectivity index (χ0n) is 10.5. The Bertz CT molecular complexity index is 511. The molecule has 1 atom stereocenters. The number of aromatic nitrogens is 3. The van der Waals surface area contributed by atoms with E-state index in [1.807, 2.05) is 22.9 Å². The number of nitrogens with two attached hydrogens (primary N) is 1. The minimum atomic E-state index is -0.247. The number of pyridine rings is 1. The van der Waals surface area contributed by atoms with E-state index in [0.717, 1.165) is 17.9 Å². The fraction of sp³-hybridized carbons (Fsp3) is 0.333. The van der Waals surface area contributed by atoms with Crippen LogP contribution >= 0.6 is 0 Å². The Morgan fingerprint density at radius 1 is 1.44 bits per heavy atom. The zero-order chi connectivity index (χ0) is 13.0. The van der Waals surface area contributed by atoms with Crippen LogP contribution in [0.2, 0.25) is 0 Å². The number of hydrogen-bond acceptors (Lipinski definition) is 5. The molecule has 2 aromatic rings. The van der Waals surface area contributed by atoms with E-state index in [4.69, 9.17) is 10.6 Å². The van der Waals surface area contributed by atoms with Gasteiger partial charge in [0.05, 0.1) is 7.11 Å². The van der Waals surface area contributed by atoms with Crippen molar-refractivity contribution in [1.29, 1.82) is 0 Å². The number of hydrogen-bond donors (Lipinski definition) is 2. The Morgan fingerprint density at radius 3 is 2.94 bits per heavy atom. The van der Waals surface area contributed by atoms with Crippen molar-refractivity contribution in [2.24, 2.45) is 5.84 Å². The van der Waals surface area contributed by atoms with Gasteiger partial charge in [-0.25, -0.2) is 15.4 Å². The minimum Gasteiger partial charge on any atom is -0.481 e. The second-order valence-corrected chi connectivity index (χ2v) is 3.77. The van der Waals surface area contributed by atoms with E-state index in [9.17, 15) is 0 Å². The third-order valence-electron chi connectivity index (χ3n) is 2.82. The summed E-state index contributed by atoms with van der Waals surface area (Å²) >= 11 is 0. The molecule has 2 rings (SSSR count). The van der Waals surface area contributed by atoms with E-state index < -0.39 is 0 Å². The smallest absolute Gasteiger partial charge is 0.218 e. The quantitative estimate of drug-likeness (QED) is 0.605. The molecule has 0 aliphatic heterocycles. The van der Waals surface area contributed by atoms with Gasteiger partial charge in [-0.15, -0.1) is 0 Å². The predicted molar refractivity (Wildman–Crippen MR) is 67.9 cm³/mol. The fourth-order valence-electron chi connectivity index (χ4n) is 1.95. The van der Waals surface area contributed by atoms with E-state index in [1.54, 1.807) is 19.5 Å². The standard InChI is InChI=1S/C12H17N5O/c1-3-17-8-7-14-11(17)10(16-13)9-5-4-6-15-12(9)18-2/h4-8,10,16H,3,13H2,1-2H3. The lowest BCUT2D eigenvalue weighted by molar-refractivity contribution is 0.385. The molecule has 2 heterocycles. The average Bonchev–Trinajstić information content (AvgIpc) is 2.88. The van der Waals surface area contributed by atoms with Crippen molar-refractivity contribution in [2.45, 2.75) is 19.5 Å². The second kappa shape index (κ2) is 5.61. The Kier molecular flexibility index (Phi) is 3.91. The van der Waals surface area contributed by atoms with E-state index >= 15 is 0 Å². The van der Waals surface area contributed by atoms with Gasteiger partial charge in [0.1, 0.15) is 11.9 Å². The van der Waals surface area contributed by atoms with Gasteiger partial charge in [-0.05, 0) is 19.1 Å². The van der Waals surface area contributed by atoms with Gasteiger partial charge >= 0.3 is 0 Å². The molecule has 0 aliphatic carbocycles. The van der Waals surface area contributed by atoms with Crippen LogP contribution in [0.4, 0.5) is 0 Å². The van der Waals surface area contributed by atoms with Crippen molar-refractivity contribution >= 4 is 0 Å². The minimum absolute atomic E-state index is 0.247. The van der Waals surface area contributed by atoms with Gasteiger partial charge in [0.25, 0.3) is 0 Å². The topological polar surface area (TPSA) is 78.0 Å². The monoisotopic (exact) mass is 247 g/mol. The molecule has 0 fully saturated rings. The van der Waals surface area contributed by atoms with Crippen LogP contribution in [0.1, 0.15) is 24.4 Å². The first kappa shape index (κ1) is 12.5. The molecule has 3 N–H and O–H groups in total. The summed E-state index contributed by atoms with van der Waals surface area (Å²) in [7, 11) is 1.59. The van der Waals surface area contributed by atoms with Gasteiger partial charge in [0, 0.05) is 30.7 Å². The maximum Gasteiger partial charge on any atom is 0.218 e. The number of rotatable bonds is 5. The third-order valence-corrected chi connectivity index (χ3v) is 2.82. The molecule has 0 saturated heterocycles. The Hall–Kier alpha value is -1.92. The molecule has 1 unspecified atom stereocenters. The van der Waals surface area contributed by atoms with Gasteiger partial charge < -0.3 is 9.30 Å². The summed E-state index contributed by atoms with van der Waals surface area (Å²) in [5.74, 6) is 7.04. The summed E-state index contributed by atoms with van der Waals surface area (Å²) in [4.78, 5) is 8.52. The zero-order valence-corrected chi connectivity index (χ0v) is 10.5. The van der Waals surface area contributed by atoms with E-state index in [1.165, 1.54) is 0 Å². The SMILES string of the molecule is CCn1ccnc1C(NN)c1cccnc1OC. The molecule has 18 heavy (non-hydrogen) atoms. The normalized spacial score (nSPS) is 12.4. The fourth-order valence-corrected chi connectivity index (χ4v) is 1.95. The van der Waals surface area contributed by atoms with E-state index in [-0.39, 0.29) is 6.04 Å². The Balaban J connectivity index is 2.45. The van der Waals surface area contributed by atoms with Gasteiger partial charge in [-0.1, -0.05) is 0 Å². The number of imidazole rings is 1. The molecule has 0 radical (unpaired) electrons. The summed E-state index contributed by atoms with van der Waals surface area (Å²) in [6.07, 6.45) is 5.36. The van der Waals surface area contributed by atoms with Crippen molar-refractivity contribution in [3.8, 4) is 5.88 Å². The third kappa shape index (κ3) is 2.20. The summed E-state index contributed by atoms with van der Waals surface area (Å²) < 4.78 is 7.28. The van der Waals surface area contributed by atoms with Crippen LogP contribution in [0, 0.1) is 0 Å². The number of aryl methyl sites for hydroxylation is 1. The van der Waals surface area contributed by atoms with Gasteiger partial charge in [-0.3, -0.25) is 5.84 Å². The molecule has 0 saturated carbocycles. The lowest BCUT2D eigenvalue weighted by atomic mass is 10.1. The predicted octanol–water partition coefficient (Wildman–Crippen LogP) is 0.859. The lowest BCUT2D eigenvalue weighted by Gasteiger charge is -2.18. The van der Waals surface area contributed by atoms with Gasteiger partial charge in [-0.2, -0.15) is 0 Å². The summed E-state index contributed by atoms with van der Waals surface area (Å²) in [6.45, 7) is 2.88. The van der Waals surface area contributed by atoms with Crippen molar-refractivity contribution in [3.05, 3.63) is 42.1 Å². The van der Waals surface area contributed by atoms with Crippen LogP contribution in [-0.2, 0) is 6.54 Å². The number of nitrogens with one attached hydrogen (secondary N) is 1. The van der Waals surface area contributed by atoms with Crippen LogP contribution in [0.15, 0.2) is 30.7 Å². The van der Waals surface area contributed by atoms with Crippen molar-refractivity contribution in [2.75, 3.05) is 7.11 Å². The highest BCUT2D eigenvalue weighted by molar-refractivity contribution is 5.33. The van der Waals surface area contributed by atoms with Crippen LogP contribution in [0.3, 0.4) is 0 Å². The van der Waals surface area contributed by atoms with E-state index in [2.05, 4.69) is 22.3 Å². The van der Waals surface area contributed by atoms with Crippen LogP contribution in [0.25, 0.3) is 0 Å². The highest BCUT2D eigenvalue weighted by Gasteiger charge is 2.21. The molecular weight excluding hydrogens is 230 g/mol. The van der Waals surface area contributed by atoms with Crippen LogP contribution in [0.5, 0.6) is 5.88 Å². The van der Waals surface area contributed by atoms with Crippen molar-refractivity contribution in [1.82, 2.24) is 20.0 Å². The van der Waals surface area contributed by atoms with Gasteiger partial charge in [0.15, 0.2) is 0 Å². The molecular formula is C12H17N5O. The number of ether oxygens (including phenoxy) is 1. The molecule has 96 valence electrons. The highest BCUT2D eigenvalue weighted by Crippen LogP contribution is 2.26. The largest absolute Gasteiger partial charge is 0.481 e. The van der Waals surface area contributed by atoms with Gasteiger partial charge in [0.2, 0.25) is 5.88 Å². The first-order valence-corrected chi connectivity index (χ1v) is 5.77. The van der Waals surface area contributed by atoms with Crippen molar-refractivity contribution in [3.63, 3.8) is 0 Å². The van der Waals surface area contributed by atoms with Crippen molar-refractivity contribution < 1.29 is 4.74 Å². The van der Waals surface area contributed by atoms with Crippen LogP contribution in [-0.4, -0.2) is 21.6 Å². The maximum atomic E-state index is 5.66. The summed E-state index contributed by atoms with van der Waals surface area (Å²) in [5.41, 5.74) is 3.63. The first-order chi connectivity index (χ1) is 8.81. The Labute approximate surface area is 106 Å². The molecule has 0 aromatic carbocycles. The average molecular weight is 247 g/mol. The number of hydrazine groups is 1. The number of methoxy groups -OCH3 is 1. The summed E-state index contributed by atoms with van der Waals surface area (Å²) in [6, 6.07) is 3.52. The molecule has 6 nitrogen and oxygen atoms in total. The number of nitrogens with zero attached hydrogens (tertiary/aromatic N) is 3. The molecule has 6 heteroatoms. The molecule has 0 spiro atoms. The first-order valence-electron chi connectivity index (χ1n) is 5.77. The van der Waals surface area contributed by atoms with E-state index in [0.29, 0.717) is 5.88 Å². The summed E-state index contributed by atoms with van der Waals surface area (Å²) in [5, 5.41) is 0.